The lowest BCUT2D eigenvalue weighted by molar-refractivity contribution is -0.00518. The predicted molar refractivity (Wildman–Crippen MR) is 137 cm³/mol. The molecule has 0 heterocycles. The molecule has 0 aliphatic heterocycles. The van der Waals surface area contributed by atoms with Crippen LogP contribution in [0.5, 0.6) is 0 Å². The lowest BCUT2D eigenvalue weighted by Crippen LogP contribution is -2.48. The van der Waals surface area contributed by atoms with Gasteiger partial charge >= 0.3 is 0 Å². The first kappa shape index (κ1) is 19.2. The van der Waals surface area contributed by atoms with Crippen LogP contribution in [0.15, 0.2) is 54.1 Å². The van der Waals surface area contributed by atoms with Gasteiger partial charge in [0.05, 0.1) is 0 Å². The molecule has 7 aliphatic carbocycles. The third-order valence-corrected chi connectivity index (χ3v) is 10.9. The standard InChI is InChI=1S/C33H36/c1-2-28-15-26(18-32-10-8-22(17-32)9-11-32)16-31(28)30(3-1)27-4-6-29(7-5-27)33-19-23-12-24(20-33)14-25(13-23)21-33/h1-7,15-16,18,22-25H,8-14,17,19-21H2. The highest BCUT2D eigenvalue weighted by atomic mass is 14.6. The van der Waals surface area contributed by atoms with E-state index in [4.69, 9.17) is 0 Å². The summed E-state index contributed by atoms with van der Waals surface area (Å²) in [6, 6.07) is 16.8. The van der Waals surface area contributed by atoms with Crippen LogP contribution in [0.4, 0.5) is 0 Å². The fourth-order valence-electron chi connectivity index (χ4n) is 9.85. The molecule has 0 amide bonds. The number of hydrogen-bond acceptors (Lipinski definition) is 0. The first-order chi connectivity index (χ1) is 16.2. The molecular formula is C33H36. The third-order valence-electron chi connectivity index (χ3n) is 10.9. The van der Waals surface area contributed by atoms with Gasteiger partial charge in [0.2, 0.25) is 0 Å². The zero-order chi connectivity index (χ0) is 21.6. The van der Waals surface area contributed by atoms with Crippen molar-refractivity contribution in [1.29, 1.82) is 0 Å². The van der Waals surface area contributed by atoms with Crippen LogP contribution in [0, 0.1) is 29.1 Å². The molecule has 0 N–H and O–H groups in total. The summed E-state index contributed by atoms with van der Waals surface area (Å²) >= 11 is 0. The monoisotopic (exact) mass is 432 g/mol. The summed E-state index contributed by atoms with van der Waals surface area (Å²) in [5, 5.41) is 2.85. The van der Waals surface area contributed by atoms with Crippen molar-refractivity contribution < 1.29 is 0 Å². The molecule has 0 radical (unpaired) electrons. The van der Waals surface area contributed by atoms with Crippen LogP contribution in [-0.2, 0) is 5.41 Å². The topological polar surface area (TPSA) is 0 Å². The molecule has 0 saturated heterocycles. The second-order valence-corrected chi connectivity index (χ2v) is 13.0. The number of fused-ring (bicyclic) bond motifs is 3. The minimum atomic E-state index is 0.501. The predicted octanol–water partition coefficient (Wildman–Crippen LogP) is 6.90. The van der Waals surface area contributed by atoms with E-state index in [1.165, 1.54) is 97.8 Å². The quantitative estimate of drug-likeness (QED) is 0.495. The van der Waals surface area contributed by atoms with Gasteiger partial charge < -0.3 is 0 Å². The molecule has 0 atom stereocenters. The van der Waals surface area contributed by atoms with Crippen LogP contribution in [0.2, 0.25) is 0 Å². The minimum absolute atomic E-state index is 0.501. The molecule has 0 heteroatoms. The van der Waals surface area contributed by atoms with E-state index in [1.807, 2.05) is 0 Å². The Morgan fingerprint density at radius 2 is 1.39 bits per heavy atom. The van der Waals surface area contributed by atoms with Gasteiger partial charge in [0.15, 0.2) is 0 Å². The lowest BCUT2D eigenvalue weighted by atomic mass is 9.48. The summed E-state index contributed by atoms with van der Waals surface area (Å²) in [5.74, 6) is 4.04. The molecule has 0 aromatic heterocycles. The van der Waals surface area contributed by atoms with Gasteiger partial charge in [0.25, 0.3) is 0 Å². The second kappa shape index (κ2) is 6.74. The van der Waals surface area contributed by atoms with E-state index in [-0.39, 0.29) is 0 Å². The molecular weight excluding hydrogens is 396 g/mol. The molecule has 6 fully saturated rings. The Morgan fingerprint density at radius 1 is 0.697 bits per heavy atom. The fourth-order valence-corrected chi connectivity index (χ4v) is 9.85. The van der Waals surface area contributed by atoms with Crippen LogP contribution in [0.25, 0.3) is 23.3 Å². The molecule has 7 aliphatic rings. The van der Waals surface area contributed by atoms with Crippen LogP contribution < -0.4 is 10.4 Å². The van der Waals surface area contributed by atoms with Gasteiger partial charge in [-0.3, -0.25) is 0 Å². The van der Waals surface area contributed by atoms with Gasteiger partial charge in [0, 0.05) is 0 Å². The van der Waals surface area contributed by atoms with E-state index in [0.717, 1.165) is 23.7 Å². The van der Waals surface area contributed by atoms with Crippen molar-refractivity contribution in [2.45, 2.75) is 76.0 Å². The summed E-state index contributed by atoms with van der Waals surface area (Å²) in [7, 11) is 0. The van der Waals surface area contributed by atoms with E-state index in [9.17, 15) is 0 Å². The Balaban J connectivity index is 1.14. The number of allylic oxidation sites excluding steroid dienone is 2. The Labute approximate surface area is 198 Å². The minimum Gasteiger partial charge on any atom is -0.0710 e. The summed E-state index contributed by atoms with van der Waals surface area (Å²) in [6.45, 7) is 0. The van der Waals surface area contributed by atoms with Gasteiger partial charge in [-0.05, 0) is 150 Å². The first-order valence-electron chi connectivity index (χ1n) is 13.8. The van der Waals surface area contributed by atoms with Gasteiger partial charge in [-0.25, -0.2) is 0 Å². The summed E-state index contributed by atoms with van der Waals surface area (Å²) < 4.78 is 0. The number of hydrogen-bond donors (Lipinski definition) is 0. The van der Waals surface area contributed by atoms with E-state index >= 15 is 0 Å². The van der Waals surface area contributed by atoms with Crippen molar-refractivity contribution in [3.63, 3.8) is 0 Å². The average Bonchev–Trinajstić information content (AvgIpc) is 3.52. The molecule has 9 rings (SSSR count). The molecule has 0 nitrogen and oxygen atoms in total. The average molecular weight is 433 g/mol. The molecule has 6 saturated carbocycles. The fraction of sp³-hybridized carbons (Fsp3) is 0.515. The first-order valence-corrected chi connectivity index (χ1v) is 13.8. The van der Waals surface area contributed by atoms with Crippen molar-refractivity contribution >= 4 is 12.2 Å². The van der Waals surface area contributed by atoms with Crippen LogP contribution in [0.3, 0.4) is 0 Å². The van der Waals surface area contributed by atoms with Gasteiger partial charge in [-0.2, -0.15) is 0 Å². The maximum Gasteiger partial charge on any atom is -0.00391 e. The second-order valence-electron chi connectivity index (χ2n) is 13.0. The Bertz CT molecular complexity index is 1230. The Kier molecular flexibility index (Phi) is 3.93. The smallest absolute Gasteiger partial charge is 0.00391 e. The summed E-state index contributed by atoms with van der Waals surface area (Å²) in [5.41, 5.74) is 6.93. The highest BCUT2D eigenvalue weighted by Crippen LogP contribution is 2.60. The van der Waals surface area contributed by atoms with E-state index in [0.29, 0.717) is 10.8 Å². The van der Waals surface area contributed by atoms with Crippen LogP contribution in [0.1, 0.15) is 76.2 Å². The van der Waals surface area contributed by atoms with Crippen molar-refractivity contribution in [3.05, 3.63) is 70.1 Å². The lowest BCUT2D eigenvalue weighted by Gasteiger charge is -2.57. The molecule has 0 unspecified atom stereocenters. The van der Waals surface area contributed by atoms with Gasteiger partial charge in [-0.15, -0.1) is 0 Å². The van der Waals surface area contributed by atoms with E-state index in [1.54, 1.807) is 5.56 Å². The maximum absolute atomic E-state index is 2.65. The van der Waals surface area contributed by atoms with Crippen molar-refractivity contribution in [2.24, 2.45) is 29.1 Å². The zero-order valence-corrected chi connectivity index (χ0v) is 19.9. The Hall–Kier alpha value is -2.08. The third kappa shape index (κ3) is 2.95. The molecule has 6 bridgehead atoms. The highest BCUT2D eigenvalue weighted by Gasteiger charge is 2.51. The highest BCUT2D eigenvalue weighted by molar-refractivity contribution is 5.78. The summed E-state index contributed by atoms with van der Waals surface area (Å²) in [6.07, 6.45) is 23.7. The maximum atomic E-state index is 2.65. The van der Waals surface area contributed by atoms with Crippen molar-refractivity contribution in [2.75, 3.05) is 0 Å². The van der Waals surface area contributed by atoms with E-state index < -0.39 is 0 Å². The van der Waals surface area contributed by atoms with Gasteiger partial charge in [0.1, 0.15) is 0 Å². The van der Waals surface area contributed by atoms with Crippen molar-refractivity contribution in [3.8, 4) is 11.1 Å². The largest absolute Gasteiger partial charge is 0.0710 e. The number of benzene rings is 2. The molecule has 2 aromatic carbocycles. The van der Waals surface area contributed by atoms with Crippen molar-refractivity contribution in [1.82, 2.24) is 0 Å². The van der Waals surface area contributed by atoms with Gasteiger partial charge in [-0.1, -0.05) is 48.5 Å². The molecule has 2 aromatic rings. The van der Waals surface area contributed by atoms with E-state index in [2.05, 4.69) is 60.7 Å². The number of rotatable bonds is 3. The SMILES string of the molecule is C(=C1C=c2cccc(-c3ccc(C45CC6CC(CC(C6)C4)C5)cc3)c2=C1)C12CCC(CC1)C2. The molecule has 168 valence electrons. The van der Waals surface area contributed by atoms with Crippen LogP contribution >= 0.6 is 0 Å². The zero-order valence-electron chi connectivity index (χ0n) is 19.9. The molecule has 33 heavy (non-hydrogen) atoms. The summed E-state index contributed by atoms with van der Waals surface area (Å²) in [4.78, 5) is 0. The van der Waals surface area contributed by atoms with Crippen LogP contribution in [-0.4, -0.2) is 0 Å². The Morgan fingerprint density at radius 3 is 2.03 bits per heavy atom. The normalized spacial score (nSPS) is 40.8. The molecule has 0 spiro atoms.